The summed E-state index contributed by atoms with van der Waals surface area (Å²) in [6.07, 6.45) is 0. The second-order valence-corrected chi connectivity index (χ2v) is 7.62. The third-order valence-corrected chi connectivity index (χ3v) is 5.24. The zero-order chi connectivity index (χ0) is 20.3. The monoisotopic (exact) mass is 465 g/mol. The molecule has 0 aliphatic carbocycles. The fraction of sp³-hybridized carbons (Fsp3) is 0.250. The molecule has 2 amide bonds. The van der Waals surface area contributed by atoms with Crippen molar-refractivity contribution in [2.75, 3.05) is 16.4 Å². The molecule has 12 heteroatoms. The van der Waals surface area contributed by atoms with Crippen molar-refractivity contribution in [2.45, 2.75) is 19.0 Å². The molecule has 0 bridgehead atoms. The fourth-order valence-corrected chi connectivity index (χ4v) is 3.57. The largest absolute Gasteiger partial charge is 0.324 e. The van der Waals surface area contributed by atoms with Gasteiger partial charge in [-0.2, -0.15) is 0 Å². The summed E-state index contributed by atoms with van der Waals surface area (Å²) in [7, 11) is 1.72. The Balaban J connectivity index is 1.67. The number of hydrogen-bond acceptors (Lipinski definition) is 8. The number of benzene rings is 1. The minimum Gasteiger partial charge on any atom is -0.324 e. The first-order valence-electron chi connectivity index (χ1n) is 8.04. The highest BCUT2D eigenvalue weighted by Crippen LogP contribution is 2.27. The van der Waals surface area contributed by atoms with Gasteiger partial charge in [0, 0.05) is 18.4 Å². The van der Waals surface area contributed by atoms with E-state index < -0.39 is 0 Å². The van der Waals surface area contributed by atoms with Crippen LogP contribution >= 0.6 is 27.7 Å². The summed E-state index contributed by atoms with van der Waals surface area (Å²) in [4.78, 5) is 23.5. The molecule has 3 aromatic rings. The van der Waals surface area contributed by atoms with E-state index in [1.165, 1.54) is 18.7 Å². The van der Waals surface area contributed by atoms with Gasteiger partial charge >= 0.3 is 0 Å². The Bertz CT molecular complexity index is 1030. The van der Waals surface area contributed by atoms with Gasteiger partial charge in [0.15, 0.2) is 16.7 Å². The first kappa shape index (κ1) is 20.0. The van der Waals surface area contributed by atoms with Gasteiger partial charge in [0.1, 0.15) is 0 Å². The molecule has 2 aromatic heterocycles. The molecule has 0 unspecified atom stereocenters. The zero-order valence-corrected chi connectivity index (χ0v) is 17.6. The molecular formula is C16H16BrN7O3S. The molecule has 0 aliphatic heterocycles. The summed E-state index contributed by atoms with van der Waals surface area (Å²) in [6.45, 7) is 3.32. The number of nitrogens with zero attached hydrogens (tertiary/aromatic N) is 5. The lowest BCUT2D eigenvalue weighted by molar-refractivity contribution is -0.114. The maximum atomic E-state index is 12.3. The summed E-state index contributed by atoms with van der Waals surface area (Å²) in [5.74, 6) is 0.159. The summed E-state index contributed by atoms with van der Waals surface area (Å²) >= 11 is 4.65. The molecule has 0 saturated carbocycles. The van der Waals surface area contributed by atoms with E-state index in [9.17, 15) is 9.59 Å². The summed E-state index contributed by atoms with van der Waals surface area (Å²) in [5, 5.41) is 21.4. The normalized spacial score (nSPS) is 10.7. The molecule has 0 atom stereocenters. The quantitative estimate of drug-likeness (QED) is 0.531. The van der Waals surface area contributed by atoms with Crippen molar-refractivity contribution in [3.63, 3.8) is 0 Å². The fourth-order valence-electron chi connectivity index (χ4n) is 2.27. The Kier molecular flexibility index (Phi) is 6.09. The van der Waals surface area contributed by atoms with Crippen molar-refractivity contribution in [3.8, 4) is 11.5 Å². The van der Waals surface area contributed by atoms with Crippen LogP contribution in [-0.2, 0) is 16.6 Å². The minimum absolute atomic E-state index is 0.141. The van der Waals surface area contributed by atoms with Gasteiger partial charge in [0.05, 0.1) is 11.4 Å². The number of amides is 2. The average Bonchev–Trinajstić information content (AvgIpc) is 3.21. The van der Waals surface area contributed by atoms with Crippen LogP contribution in [0.3, 0.4) is 0 Å². The van der Waals surface area contributed by atoms with Gasteiger partial charge in [0.2, 0.25) is 17.6 Å². The number of rotatable bonds is 6. The molecule has 28 heavy (non-hydrogen) atoms. The lowest BCUT2D eigenvalue weighted by atomic mass is 10.2. The Morgan fingerprint density at radius 1 is 1.25 bits per heavy atom. The van der Waals surface area contributed by atoms with Crippen molar-refractivity contribution < 1.29 is 14.2 Å². The molecule has 146 valence electrons. The van der Waals surface area contributed by atoms with E-state index in [2.05, 4.69) is 51.7 Å². The van der Waals surface area contributed by atoms with Gasteiger partial charge in [-0.15, -0.1) is 10.2 Å². The van der Waals surface area contributed by atoms with E-state index in [0.29, 0.717) is 16.7 Å². The van der Waals surface area contributed by atoms with Crippen molar-refractivity contribution >= 4 is 51.0 Å². The summed E-state index contributed by atoms with van der Waals surface area (Å²) < 4.78 is 7.14. The summed E-state index contributed by atoms with van der Waals surface area (Å²) in [5.41, 5.74) is 2.04. The SMILES string of the molecule is CC(=O)Nc1nonc1-c1nnc(SCC(=O)Nc2ccc(C)cc2Br)n1C. The van der Waals surface area contributed by atoms with Gasteiger partial charge in [-0.3, -0.25) is 9.59 Å². The van der Waals surface area contributed by atoms with E-state index in [-0.39, 0.29) is 29.1 Å². The number of thioether (sulfide) groups is 1. The first-order chi connectivity index (χ1) is 13.3. The molecule has 2 N–H and O–H groups in total. The molecule has 0 fully saturated rings. The number of carbonyl (C=O) groups is 2. The van der Waals surface area contributed by atoms with Gasteiger partial charge in [-0.1, -0.05) is 17.8 Å². The molecule has 2 heterocycles. The van der Waals surface area contributed by atoms with E-state index in [1.807, 2.05) is 25.1 Å². The topological polar surface area (TPSA) is 128 Å². The summed E-state index contributed by atoms with van der Waals surface area (Å²) in [6, 6.07) is 5.68. The lowest BCUT2D eigenvalue weighted by Crippen LogP contribution is -2.15. The number of halogens is 1. The van der Waals surface area contributed by atoms with Crippen LogP contribution in [0.25, 0.3) is 11.5 Å². The number of carbonyl (C=O) groups excluding carboxylic acids is 2. The van der Waals surface area contributed by atoms with Crippen LogP contribution in [-0.4, -0.2) is 42.6 Å². The highest BCUT2D eigenvalue weighted by molar-refractivity contribution is 9.10. The molecule has 1 aromatic carbocycles. The Morgan fingerprint density at radius 2 is 2.04 bits per heavy atom. The van der Waals surface area contributed by atoms with Crippen molar-refractivity contribution in [3.05, 3.63) is 28.2 Å². The van der Waals surface area contributed by atoms with E-state index >= 15 is 0 Å². The lowest BCUT2D eigenvalue weighted by Gasteiger charge is -2.08. The maximum Gasteiger partial charge on any atom is 0.234 e. The standard InChI is InChI=1S/C16H16BrN7O3S/c1-8-4-5-11(10(17)6-8)19-12(26)7-28-16-21-20-15(24(16)3)13-14(18-9(2)25)23-27-22-13/h4-6H,7H2,1-3H3,(H,19,26)(H,18,23,25). The van der Waals surface area contributed by atoms with Crippen molar-refractivity contribution in [1.82, 2.24) is 25.1 Å². The molecule has 10 nitrogen and oxygen atoms in total. The van der Waals surface area contributed by atoms with Crippen LogP contribution in [0.4, 0.5) is 11.5 Å². The van der Waals surface area contributed by atoms with E-state index in [0.717, 1.165) is 10.0 Å². The smallest absolute Gasteiger partial charge is 0.234 e. The zero-order valence-electron chi connectivity index (χ0n) is 15.2. The number of aryl methyl sites for hydroxylation is 1. The van der Waals surface area contributed by atoms with Gasteiger partial charge in [-0.05, 0) is 50.9 Å². The highest BCUT2D eigenvalue weighted by Gasteiger charge is 2.21. The molecule has 0 spiro atoms. The molecule has 0 radical (unpaired) electrons. The predicted molar refractivity (Wildman–Crippen MR) is 107 cm³/mol. The predicted octanol–water partition coefficient (Wildman–Crippen LogP) is 2.63. The van der Waals surface area contributed by atoms with E-state index in [1.54, 1.807) is 11.6 Å². The Hall–Kier alpha value is -2.73. The van der Waals surface area contributed by atoms with Crippen LogP contribution in [0.5, 0.6) is 0 Å². The second-order valence-electron chi connectivity index (χ2n) is 5.83. The molecular weight excluding hydrogens is 450 g/mol. The van der Waals surface area contributed by atoms with Crippen LogP contribution < -0.4 is 10.6 Å². The van der Waals surface area contributed by atoms with Crippen LogP contribution in [0.1, 0.15) is 12.5 Å². The van der Waals surface area contributed by atoms with Crippen LogP contribution in [0.2, 0.25) is 0 Å². The van der Waals surface area contributed by atoms with Crippen molar-refractivity contribution in [2.24, 2.45) is 7.05 Å². The van der Waals surface area contributed by atoms with Gasteiger partial charge in [-0.25, -0.2) is 4.63 Å². The molecule has 0 aliphatic rings. The second kappa shape index (κ2) is 8.52. The number of anilines is 2. The van der Waals surface area contributed by atoms with Crippen LogP contribution in [0.15, 0.2) is 32.5 Å². The Labute approximate surface area is 172 Å². The average molecular weight is 466 g/mol. The molecule has 0 saturated heterocycles. The number of hydrogen-bond donors (Lipinski definition) is 2. The van der Waals surface area contributed by atoms with E-state index in [4.69, 9.17) is 0 Å². The highest BCUT2D eigenvalue weighted by atomic mass is 79.9. The first-order valence-corrected chi connectivity index (χ1v) is 9.81. The van der Waals surface area contributed by atoms with Crippen LogP contribution in [0, 0.1) is 6.92 Å². The van der Waals surface area contributed by atoms with Crippen molar-refractivity contribution in [1.29, 1.82) is 0 Å². The molecule has 3 rings (SSSR count). The third kappa shape index (κ3) is 4.57. The third-order valence-electron chi connectivity index (χ3n) is 3.56. The minimum atomic E-state index is -0.312. The Morgan fingerprint density at radius 3 is 2.75 bits per heavy atom. The van der Waals surface area contributed by atoms with Gasteiger partial charge < -0.3 is 15.2 Å². The number of aromatic nitrogens is 5. The maximum absolute atomic E-state index is 12.3. The number of nitrogens with one attached hydrogen (secondary N) is 2. The van der Waals surface area contributed by atoms with Gasteiger partial charge in [0.25, 0.3) is 0 Å².